The fraction of sp³-hybridized carbons (Fsp3) is 0.465. The van der Waals surface area contributed by atoms with Crippen LogP contribution < -0.4 is 43.0 Å². The minimum absolute atomic E-state index is 0.0122. The van der Waals surface area contributed by atoms with E-state index >= 15 is 0 Å². The third-order valence-corrected chi connectivity index (χ3v) is 10.2. The number of hydrogen-bond acceptors (Lipinski definition) is 16. The van der Waals surface area contributed by atoms with E-state index in [1.165, 1.54) is 61.1 Å². The zero-order chi connectivity index (χ0) is 50.7. The number of benzene rings is 2. The second kappa shape index (κ2) is 26.8. The van der Waals surface area contributed by atoms with E-state index in [1.807, 2.05) is 0 Å². The van der Waals surface area contributed by atoms with Gasteiger partial charge in [-0.1, -0.05) is 38.1 Å². The van der Waals surface area contributed by atoms with Crippen molar-refractivity contribution in [2.24, 2.45) is 11.7 Å². The van der Waals surface area contributed by atoms with Crippen molar-refractivity contribution in [2.45, 2.75) is 101 Å². The minimum Gasteiger partial charge on any atom is -0.508 e. The number of H-pyrrole nitrogens is 1. The lowest BCUT2D eigenvalue weighted by molar-refractivity contribution is -0.142. The normalized spacial score (nSPS) is 15.1. The van der Waals surface area contributed by atoms with Crippen molar-refractivity contribution in [1.82, 2.24) is 47.2 Å². The molecule has 0 fully saturated rings. The fourth-order valence-electron chi connectivity index (χ4n) is 6.45. The molecule has 3 aromatic rings. The molecule has 0 aliphatic heterocycles. The Morgan fingerprint density at radius 1 is 0.559 bits per heavy atom. The highest BCUT2D eigenvalue weighted by molar-refractivity contribution is 5.98. The van der Waals surface area contributed by atoms with E-state index in [1.54, 1.807) is 13.8 Å². The molecule has 0 bridgehead atoms. The van der Waals surface area contributed by atoms with Gasteiger partial charge in [-0.25, -0.2) is 9.78 Å². The first-order valence-corrected chi connectivity index (χ1v) is 21.3. The molecule has 0 aliphatic carbocycles. The number of aliphatic hydroxyl groups is 4. The van der Waals surface area contributed by atoms with Crippen molar-refractivity contribution in [3.05, 3.63) is 77.9 Å². The lowest BCUT2D eigenvalue weighted by Gasteiger charge is -2.28. The van der Waals surface area contributed by atoms with Crippen LogP contribution in [0.5, 0.6) is 11.5 Å². The number of aromatic amines is 1. The van der Waals surface area contributed by atoms with Crippen LogP contribution in [0, 0.1) is 5.92 Å². The molecular weight excluding hydrogens is 897 g/mol. The van der Waals surface area contributed by atoms with Crippen LogP contribution in [0.2, 0.25) is 0 Å². The molecule has 0 radical (unpaired) electrons. The number of nitrogens with two attached hydrogens (primary N) is 1. The standard InChI is InChI=1S/C43H60N10O15/c1-21(2)12-29(37(61)51-32(17-54)40(64)49-31(43(67)68)14-24-6-10-27(59)11-7-24)47-38(62)30(15-25-16-45-20-46-25)48-39(63)33(18-55)52-42(66)35(22(3)57)53-41(65)34(19-56)50-36(60)28(44)13-23-4-8-26(58)9-5-23/h4-11,16,20-22,28-35,54-59H,12-15,17-19,44H2,1-3H3,(H,45,46)(H,47,62)(H,48,63)(H,49,64)(H,50,60)(H,51,61)(H,52,66)(H,53,65)(H,67,68)/t22-,28+,29+,30+,31+,32+,33+,34+,35+/m1/s1. The summed E-state index contributed by atoms with van der Waals surface area (Å²) in [4.78, 5) is 112. The van der Waals surface area contributed by atoms with Gasteiger partial charge < -0.3 is 83.7 Å². The largest absolute Gasteiger partial charge is 0.508 e. The minimum atomic E-state index is -1.83. The zero-order valence-corrected chi connectivity index (χ0v) is 37.4. The summed E-state index contributed by atoms with van der Waals surface area (Å²) in [5.41, 5.74) is 7.29. The first kappa shape index (κ1) is 55.1. The molecule has 0 spiro atoms. The molecule has 1 heterocycles. The molecule has 0 unspecified atom stereocenters. The number of carboxylic acid groups (broad SMARTS) is 1. The van der Waals surface area contributed by atoms with Crippen LogP contribution in [0.25, 0.3) is 0 Å². The number of rotatable bonds is 27. The number of imidazole rings is 1. The fourth-order valence-corrected chi connectivity index (χ4v) is 6.45. The maximum Gasteiger partial charge on any atom is 0.326 e. The molecule has 0 aliphatic rings. The van der Waals surface area contributed by atoms with Gasteiger partial charge in [0.25, 0.3) is 0 Å². The lowest BCUT2D eigenvalue weighted by atomic mass is 10.0. The van der Waals surface area contributed by atoms with E-state index in [2.05, 4.69) is 47.2 Å². The summed E-state index contributed by atoms with van der Waals surface area (Å²) in [6, 6.07) is -1.33. The number of aromatic nitrogens is 2. The number of phenolic OH excluding ortho intramolecular Hbond substituents is 2. The summed E-state index contributed by atoms with van der Waals surface area (Å²) in [7, 11) is 0. The summed E-state index contributed by atoms with van der Waals surface area (Å²) in [5.74, 6) is -9.16. The molecule has 68 heavy (non-hydrogen) atoms. The highest BCUT2D eigenvalue weighted by Crippen LogP contribution is 2.13. The Labute approximate surface area is 389 Å². The Bertz CT molecular complexity index is 2160. The third-order valence-electron chi connectivity index (χ3n) is 10.2. The van der Waals surface area contributed by atoms with Gasteiger partial charge in [0.1, 0.15) is 53.8 Å². The Kier molecular flexibility index (Phi) is 21.8. The summed E-state index contributed by atoms with van der Waals surface area (Å²) >= 11 is 0. The quantitative estimate of drug-likeness (QED) is 0.0340. The first-order valence-electron chi connectivity index (χ1n) is 21.3. The number of carbonyl (C=O) groups is 8. The van der Waals surface area contributed by atoms with Crippen molar-refractivity contribution in [3.63, 3.8) is 0 Å². The van der Waals surface area contributed by atoms with Gasteiger partial charge in [0.05, 0.1) is 38.3 Å². The van der Waals surface area contributed by atoms with Gasteiger partial charge >= 0.3 is 5.97 Å². The van der Waals surface area contributed by atoms with E-state index in [9.17, 15) is 74.1 Å². The van der Waals surface area contributed by atoms with Gasteiger partial charge in [-0.05, 0) is 61.1 Å². The van der Waals surface area contributed by atoms with Gasteiger partial charge in [-0.15, -0.1) is 0 Å². The number of hydrogen-bond donors (Lipinski definition) is 16. The molecule has 0 saturated heterocycles. The van der Waals surface area contributed by atoms with Gasteiger partial charge in [-0.3, -0.25) is 33.6 Å². The van der Waals surface area contributed by atoms with Crippen LogP contribution in [0.15, 0.2) is 61.1 Å². The van der Waals surface area contributed by atoms with E-state index in [-0.39, 0.29) is 43.1 Å². The third kappa shape index (κ3) is 17.6. The predicted molar refractivity (Wildman–Crippen MR) is 237 cm³/mol. The van der Waals surface area contributed by atoms with E-state index in [0.717, 1.165) is 6.92 Å². The predicted octanol–water partition coefficient (Wildman–Crippen LogP) is -4.94. The number of aliphatic hydroxyl groups excluding tert-OH is 4. The number of aromatic hydroxyl groups is 2. The second-order valence-electron chi connectivity index (χ2n) is 16.2. The number of carbonyl (C=O) groups excluding carboxylic acids is 7. The highest BCUT2D eigenvalue weighted by Gasteiger charge is 2.36. The maximum atomic E-state index is 13.9. The van der Waals surface area contributed by atoms with Crippen molar-refractivity contribution >= 4 is 47.3 Å². The molecule has 1 aromatic heterocycles. The monoisotopic (exact) mass is 956 g/mol. The molecule has 3 rings (SSSR count). The van der Waals surface area contributed by atoms with E-state index in [0.29, 0.717) is 16.8 Å². The molecule has 25 nitrogen and oxygen atoms in total. The molecule has 17 N–H and O–H groups in total. The van der Waals surface area contributed by atoms with Crippen LogP contribution >= 0.6 is 0 Å². The summed E-state index contributed by atoms with van der Waals surface area (Å²) in [6.45, 7) is 1.50. The van der Waals surface area contributed by atoms with Gasteiger partial charge in [-0.2, -0.15) is 0 Å². The number of carboxylic acids is 1. The number of amides is 7. The van der Waals surface area contributed by atoms with Crippen LogP contribution in [0.4, 0.5) is 0 Å². The molecule has 9 atom stereocenters. The van der Waals surface area contributed by atoms with Gasteiger partial charge in [0.2, 0.25) is 41.4 Å². The number of nitrogens with one attached hydrogen (secondary N) is 8. The van der Waals surface area contributed by atoms with Crippen molar-refractivity contribution in [1.29, 1.82) is 0 Å². The zero-order valence-electron chi connectivity index (χ0n) is 37.4. The Morgan fingerprint density at radius 3 is 1.43 bits per heavy atom. The van der Waals surface area contributed by atoms with Gasteiger partial charge in [0.15, 0.2) is 0 Å². The highest BCUT2D eigenvalue weighted by atomic mass is 16.4. The first-order chi connectivity index (χ1) is 32.1. The number of phenols is 2. The molecule has 2 aromatic carbocycles. The van der Waals surface area contributed by atoms with Crippen molar-refractivity contribution in [2.75, 3.05) is 19.8 Å². The van der Waals surface area contributed by atoms with Crippen LogP contribution in [-0.2, 0) is 57.6 Å². The van der Waals surface area contributed by atoms with Gasteiger partial charge in [0, 0.05) is 24.7 Å². The Hall–Kier alpha value is -7.19. The molecule has 25 heteroatoms. The van der Waals surface area contributed by atoms with Crippen molar-refractivity contribution < 1.29 is 74.1 Å². The van der Waals surface area contributed by atoms with Crippen LogP contribution in [0.1, 0.15) is 44.0 Å². The lowest BCUT2D eigenvalue weighted by Crippen LogP contribution is -2.62. The molecule has 372 valence electrons. The summed E-state index contributed by atoms with van der Waals surface area (Å²) < 4.78 is 0. The second-order valence-corrected chi connectivity index (χ2v) is 16.2. The molecule has 7 amide bonds. The van der Waals surface area contributed by atoms with Crippen LogP contribution in [0.3, 0.4) is 0 Å². The molecule has 0 saturated carbocycles. The van der Waals surface area contributed by atoms with E-state index < -0.39 is 122 Å². The van der Waals surface area contributed by atoms with E-state index in [4.69, 9.17) is 5.73 Å². The Morgan fingerprint density at radius 2 is 0.971 bits per heavy atom. The smallest absolute Gasteiger partial charge is 0.326 e. The van der Waals surface area contributed by atoms with Crippen molar-refractivity contribution in [3.8, 4) is 11.5 Å². The number of aliphatic carboxylic acids is 1. The Balaban J connectivity index is 1.72. The maximum absolute atomic E-state index is 13.9. The average Bonchev–Trinajstić information content (AvgIpc) is 3.81. The number of nitrogens with zero attached hydrogens (tertiary/aromatic N) is 1. The molecular formula is C43H60N10O15. The van der Waals surface area contributed by atoms with Crippen LogP contribution in [-0.4, -0.2) is 167 Å². The topological polar surface area (TPSA) is 417 Å². The average molecular weight is 957 g/mol. The SMILES string of the molecule is CC(C)C[C@H](NC(=O)[C@H](Cc1cnc[nH]1)NC(=O)[C@H](CO)NC(=O)[C@@H](NC(=O)[C@H](CO)NC(=O)[C@@H](N)Cc1ccc(O)cc1)[C@@H](C)O)C(=O)N[C@@H](CO)C(=O)N[C@@H](Cc1ccc(O)cc1)C(=O)O. The summed E-state index contributed by atoms with van der Waals surface area (Å²) in [6.07, 6.45) is 0.385. The summed E-state index contributed by atoms with van der Waals surface area (Å²) in [5, 5.41) is 85.5.